The summed E-state index contributed by atoms with van der Waals surface area (Å²) in [6.45, 7) is 2.40. The molecule has 0 aliphatic carbocycles. The van der Waals surface area contributed by atoms with Gasteiger partial charge in [0.1, 0.15) is 0 Å². The highest BCUT2D eigenvalue weighted by molar-refractivity contribution is 7.89. The third-order valence-electron chi connectivity index (χ3n) is 2.78. The molecule has 0 aromatic heterocycles. The Morgan fingerprint density at radius 2 is 2.00 bits per heavy atom. The van der Waals surface area contributed by atoms with E-state index in [1.165, 1.54) is 0 Å². The van der Waals surface area contributed by atoms with E-state index in [1.54, 1.807) is 30.3 Å². The molecule has 0 spiro atoms. The van der Waals surface area contributed by atoms with Crippen molar-refractivity contribution in [1.82, 2.24) is 10.0 Å². The SMILES string of the molecule is Cl.O=S(=O)(NCC1CCNC1)c1ccccc1. The predicted molar refractivity (Wildman–Crippen MR) is 69.9 cm³/mol. The van der Waals surface area contributed by atoms with Crippen molar-refractivity contribution in [2.45, 2.75) is 11.3 Å². The Bertz CT molecular complexity index is 430. The molecular formula is C11H17ClN2O2S. The lowest BCUT2D eigenvalue weighted by Crippen LogP contribution is -2.30. The number of nitrogens with one attached hydrogen (secondary N) is 2. The lowest BCUT2D eigenvalue weighted by molar-refractivity contribution is 0.539. The van der Waals surface area contributed by atoms with Crippen LogP contribution < -0.4 is 10.0 Å². The molecular weight excluding hydrogens is 260 g/mol. The van der Waals surface area contributed by atoms with Crippen molar-refractivity contribution < 1.29 is 8.42 Å². The fraction of sp³-hybridized carbons (Fsp3) is 0.455. The zero-order chi connectivity index (χ0) is 11.4. The van der Waals surface area contributed by atoms with Crippen LogP contribution in [0.25, 0.3) is 0 Å². The second-order valence-corrected chi connectivity index (χ2v) is 5.79. The minimum Gasteiger partial charge on any atom is -0.316 e. The number of hydrogen-bond donors (Lipinski definition) is 2. The summed E-state index contributed by atoms with van der Waals surface area (Å²) < 4.78 is 26.4. The van der Waals surface area contributed by atoms with E-state index in [4.69, 9.17) is 0 Å². The molecule has 4 nitrogen and oxygen atoms in total. The average Bonchev–Trinajstić information content (AvgIpc) is 2.81. The van der Waals surface area contributed by atoms with Crippen LogP contribution in [-0.2, 0) is 10.0 Å². The molecule has 0 saturated carbocycles. The minimum atomic E-state index is -3.33. The van der Waals surface area contributed by atoms with Gasteiger partial charge in [-0.1, -0.05) is 18.2 Å². The van der Waals surface area contributed by atoms with Crippen LogP contribution in [0, 0.1) is 5.92 Å². The summed E-state index contributed by atoms with van der Waals surface area (Å²) in [6.07, 6.45) is 1.04. The van der Waals surface area contributed by atoms with Gasteiger partial charge in [-0.25, -0.2) is 13.1 Å². The molecule has 1 saturated heterocycles. The highest BCUT2D eigenvalue weighted by atomic mass is 35.5. The molecule has 1 fully saturated rings. The molecule has 1 aromatic rings. The van der Waals surface area contributed by atoms with Gasteiger partial charge in [0.05, 0.1) is 4.90 Å². The van der Waals surface area contributed by atoms with E-state index < -0.39 is 10.0 Å². The maximum Gasteiger partial charge on any atom is 0.240 e. The van der Waals surface area contributed by atoms with Gasteiger partial charge in [-0.05, 0) is 37.6 Å². The van der Waals surface area contributed by atoms with Crippen LogP contribution in [0.3, 0.4) is 0 Å². The first-order chi connectivity index (χ1) is 7.68. The lowest BCUT2D eigenvalue weighted by atomic mass is 10.1. The topological polar surface area (TPSA) is 58.2 Å². The lowest BCUT2D eigenvalue weighted by Gasteiger charge is -2.10. The minimum absolute atomic E-state index is 0. The molecule has 2 N–H and O–H groups in total. The molecule has 2 rings (SSSR count). The maximum absolute atomic E-state index is 11.9. The summed E-state index contributed by atoms with van der Waals surface area (Å²) in [5, 5.41) is 3.21. The van der Waals surface area contributed by atoms with Gasteiger partial charge in [-0.2, -0.15) is 0 Å². The van der Waals surface area contributed by atoms with Gasteiger partial charge in [0.15, 0.2) is 0 Å². The van der Waals surface area contributed by atoms with Crippen LogP contribution in [0.5, 0.6) is 0 Å². The Hall–Kier alpha value is -0.620. The van der Waals surface area contributed by atoms with Crippen LogP contribution in [-0.4, -0.2) is 28.1 Å². The summed E-state index contributed by atoms with van der Waals surface area (Å²) in [6, 6.07) is 8.47. The van der Waals surface area contributed by atoms with Crippen LogP contribution in [0.1, 0.15) is 6.42 Å². The molecule has 1 unspecified atom stereocenters. The molecule has 1 aliphatic rings. The van der Waals surface area contributed by atoms with Crippen molar-refractivity contribution in [1.29, 1.82) is 0 Å². The molecule has 1 aromatic carbocycles. The normalized spacial score (nSPS) is 19.9. The summed E-state index contributed by atoms with van der Waals surface area (Å²) >= 11 is 0. The largest absolute Gasteiger partial charge is 0.316 e. The van der Waals surface area contributed by atoms with Crippen molar-refractivity contribution in [2.75, 3.05) is 19.6 Å². The first kappa shape index (κ1) is 14.4. The fourth-order valence-corrected chi connectivity index (χ4v) is 2.94. The third-order valence-corrected chi connectivity index (χ3v) is 4.22. The first-order valence-corrected chi connectivity index (χ1v) is 6.92. The zero-order valence-corrected chi connectivity index (χ0v) is 11.1. The van der Waals surface area contributed by atoms with Crippen molar-refractivity contribution in [3.63, 3.8) is 0 Å². The van der Waals surface area contributed by atoms with Gasteiger partial charge < -0.3 is 5.32 Å². The number of sulfonamides is 1. The van der Waals surface area contributed by atoms with E-state index in [0.29, 0.717) is 17.4 Å². The van der Waals surface area contributed by atoms with Crippen LogP contribution >= 0.6 is 12.4 Å². The van der Waals surface area contributed by atoms with Gasteiger partial charge in [-0.15, -0.1) is 12.4 Å². The number of benzene rings is 1. The van der Waals surface area contributed by atoms with Crippen LogP contribution in [0.2, 0.25) is 0 Å². The van der Waals surface area contributed by atoms with Crippen LogP contribution in [0.15, 0.2) is 35.2 Å². The molecule has 0 bridgehead atoms. The molecule has 1 heterocycles. The summed E-state index contributed by atoms with van der Waals surface area (Å²) in [4.78, 5) is 0.334. The number of halogens is 1. The van der Waals surface area contributed by atoms with Gasteiger partial charge in [0, 0.05) is 6.54 Å². The molecule has 0 radical (unpaired) electrons. The number of rotatable bonds is 4. The van der Waals surface area contributed by atoms with Crippen molar-refractivity contribution in [3.8, 4) is 0 Å². The molecule has 1 atom stereocenters. The van der Waals surface area contributed by atoms with Crippen molar-refractivity contribution in [3.05, 3.63) is 30.3 Å². The Balaban J connectivity index is 0.00000144. The van der Waals surface area contributed by atoms with Gasteiger partial charge in [0.25, 0.3) is 0 Å². The first-order valence-electron chi connectivity index (χ1n) is 5.44. The Labute approximate surface area is 108 Å². The van der Waals surface area contributed by atoms with E-state index in [-0.39, 0.29) is 12.4 Å². The fourth-order valence-electron chi connectivity index (χ4n) is 1.80. The highest BCUT2D eigenvalue weighted by Gasteiger charge is 2.18. The van der Waals surface area contributed by atoms with Gasteiger partial charge in [-0.3, -0.25) is 0 Å². The van der Waals surface area contributed by atoms with Crippen LogP contribution in [0.4, 0.5) is 0 Å². The molecule has 17 heavy (non-hydrogen) atoms. The standard InChI is InChI=1S/C11H16N2O2S.ClH/c14-16(15,11-4-2-1-3-5-11)13-9-10-6-7-12-8-10;/h1-5,10,12-13H,6-9H2;1H. The molecule has 0 amide bonds. The predicted octanol–water partition coefficient (Wildman–Crippen LogP) is 0.996. The van der Waals surface area contributed by atoms with Gasteiger partial charge in [0.2, 0.25) is 10.0 Å². The van der Waals surface area contributed by atoms with E-state index >= 15 is 0 Å². The number of hydrogen-bond acceptors (Lipinski definition) is 3. The monoisotopic (exact) mass is 276 g/mol. The Morgan fingerprint density at radius 3 is 2.59 bits per heavy atom. The summed E-state index contributed by atoms with van der Waals surface area (Å²) in [7, 11) is -3.33. The van der Waals surface area contributed by atoms with Gasteiger partial charge >= 0.3 is 0 Å². The molecule has 6 heteroatoms. The van der Waals surface area contributed by atoms with E-state index in [1.807, 2.05) is 0 Å². The maximum atomic E-state index is 11.9. The Kier molecular flexibility index (Phi) is 5.39. The third kappa shape index (κ3) is 3.96. The summed E-state index contributed by atoms with van der Waals surface area (Å²) in [5.41, 5.74) is 0. The average molecular weight is 277 g/mol. The Morgan fingerprint density at radius 1 is 1.29 bits per heavy atom. The summed E-state index contributed by atoms with van der Waals surface area (Å²) in [5.74, 6) is 0.415. The quantitative estimate of drug-likeness (QED) is 0.863. The molecule has 96 valence electrons. The van der Waals surface area contributed by atoms with Crippen molar-refractivity contribution >= 4 is 22.4 Å². The van der Waals surface area contributed by atoms with E-state index in [2.05, 4.69) is 10.0 Å². The second-order valence-electron chi connectivity index (χ2n) is 4.02. The van der Waals surface area contributed by atoms with E-state index in [9.17, 15) is 8.42 Å². The zero-order valence-electron chi connectivity index (χ0n) is 9.43. The molecule has 1 aliphatic heterocycles. The van der Waals surface area contributed by atoms with E-state index in [0.717, 1.165) is 19.5 Å². The highest BCUT2D eigenvalue weighted by Crippen LogP contribution is 2.10. The smallest absolute Gasteiger partial charge is 0.240 e. The van der Waals surface area contributed by atoms with Crippen molar-refractivity contribution in [2.24, 2.45) is 5.92 Å². The second kappa shape index (κ2) is 6.35.